The van der Waals surface area contributed by atoms with E-state index in [4.69, 9.17) is 11.6 Å². The van der Waals surface area contributed by atoms with Crippen LogP contribution in [0.2, 0.25) is 5.15 Å². The first-order valence-electron chi connectivity index (χ1n) is 6.45. The summed E-state index contributed by atoms with van der Waals surface area (Å²) in [6, 6.07) is 4.69. The Balaban J connectivity index is 2.16. The SMILES string of the molecule is Cc1ccc([N+](=O)[O-])cc1-c1nc(Cl)c(I)c(C2CC2)n1. The van der Waals surface area contributed by atoms with E-state index in [-0.39, 0.29) is 5.69 Å². The molecule has 1 heterocycles. The summed E-state index contributed by atoms with van der Waals surface area (Å²) in [5, 5.41) is 11.4. The Bertz CT molecular complexity index is 747. The third-order valence-electron chi connectivity index (χ3n) is 3.47. The van der Waals surface area contributed by atoms with Crippen LogP contribution in [0.4, 0.5) is 5.69 Å². The molecular weight excluding hydrogens is 405 g/mol. The van der Waals surface area contributed by atoms with Gasteiger partial charge in [0.15, 0.2) is 5.82 Å². The highest BCUT2D eigenvalue weighted by Crippen LogP contribution is 2.43. The summed E-state index contributed by atoms with van der Waals surface area (Å²) in [4.78, 5) is 19.4. The average molecular weight is 416 g/mol. The van der Waals surface area contributed by atoms with E-state index < -0.39 is 4.92 Å². The minimum absolute atomic E-state index is 0.0295. The molecular formula is C14H11ClIN3O2. The predicted octanol–water partition coefficient (Wildman–Crippen LogP) is 4.50. The van der Waals surface area contributed by atoms with Gasteiger partial charge >= 0.3 is 0 Å². The van der Waals surface area contributed by atoms with Gasteiger partial charge in [0.25, 0.3) is 5.69 Å². The summed E-state index contributed by atoms with van der Waals surface area (Å²) in [5.74, 6) is 0.902. The number of nitro groups is 1. The van der Waals surface area contributed by atoms with Crippen LogP contribution < -0.4 is 0 Å². The van der Waals surface area contributed by atoms with Gasteiger partial charge in [0, 0.05) is 23.6 Å². The second-order valence-electron chi connectivity index (χ2n) is 5.07. The maximum Gasteiger partial charge on any atom is 0.270 e. The molecule has 0 saturated heterocycles. The van der Waals surface area contributed by atoms with Crippen molar-refractivity contribution >= 4 is 39.9 Å². The first-order valence-corrected chi connectivity index (χ1v) is 7.91. The third-order valence-corrected chi connectivity index (χ3v) is 5.13. The van der Waals surface area contributed by atoms with Crippen molar-refractivity contribution in [2.24, 2.45) is 0 Å². The lowest BCUT2D eigenvalue weighted by molar-refractivity contribution is -0.384. The summed E-state index contributed by atoms with van der Waals surface area (Å²) in [6.07, 6.45) is 2.22. The van der Waals surface area contributed by atoms with E-state index in [1.807, 2.05) is 6.92 Å². The summed E-state index contributed by atoms with van der Waals surface area (Å²) in [7, 11) is 0. The number of aromatic nitrogens is 2. The Labute approximate surface area is 140 Å². The highest BCUT2D eigenvalue weighted by atomic mass is 127. The lowest BCUT2D eigenvalue weighted by atomic mass is 10.1. The minimum Gasteiger partial charge on any atom is -0.258 e. The van der Waals surface area contributed by atoms with Crippen molar-refractivity contribution in [3.8, 4) is 11.4 Å². The van der Waals surface area contributed by atoms with Crippen LogP contribution in [0.15, 0.2) is 18.2 Å². The fourth-order valence-corrected chi connectivity index (χ4v) is 3.01. The molecule has 1 saturated carbocycles. The Hall–Kier alpha value is -1.28. The molecule has 1 aliphatic rings. The Morgan fingerprint density at radius 3 is 2.71 bits per heavy atom. The van der Waals surface area contributed by atoms with Gasteiger partial charge in [-0.05, 0) is 47.9 Å². The topological polar surface area (TPSA) is 68.9 Å². The van der Waals surface area contributed by atoms with Crippen LogP contribution in [0.25, 0.3) is 11.4 Å². The molecule has 0 bridgehead atoms. The number of halogens is 2. The molecule has 5 nitrogen and oxygen atoms in total. The molecule has 0 N–H and O–H groups in total. The second kappa shape index (κ2) is 5.49. The lowest BCUT2D eigenvalue weighted by Gasteiger charge is -2.09. The van der Waals surface area contributed by atoms with E-state index in [1.165, 1.54) is 12.1 Å². The van der Waals surface area contributed by atoms with Gasteiger partial charge in [-0.15, -0.1) is 0 Å². The van der Waals surface area contributed by atoms with Crippen LogP contribution in [0.3, 0.4) is 0 Å². The molecule has 1 aromatic heterocycles. The Kier molecular flexibility index (Phi) is 3.83. The van der Waals surface area contributed by atoms with Gasteiger partial charge in [-0.2, -0.15) is 0 Å². The maximum atomic E-state index is 10.9. The summed E-state index contributed by atoms with van der Waals surface area (Å²) < 4.78 is 0.878. The maximum absolute atomic E-state index is 10.9. The van der Waals surface area contributed by atoms with Crippen molar-refractivity contribution in [2.45, 2.75) is 25.7 Å². The van der Waals surface area contributed by atoms with Crippen LogP contribution in [-0.4, -0.2) is 14.9 Å². The van der Waals surface area contributed by atoms with Crippen molar-refractivity contribution < 1.29 is 4.92 Å². The predicted molar refractivity (Wildman–Crippen MR) is 88.6 cm³/mol. The molecule has 108 valence electrons. The molecule has 0 amide bonds. The smallest absolute Gasteiger partial charge is 0.258 e. The van der Waals surface area contributed by atoms with E-state index in [2.05, 4.69) is 32.6 Å². The standard InChI is InChI=1S/C14H11ClIN3O2/c1-7-2-5-9(19(20)21)6-10(7)14-17-12(8-3-4-8)11(16)13(15)18-14/h2,5-6,8H,3-4H2,1H3. The van der Waals surface area contributed by atoms with Crippen LogP contribution in [-0.2, 0) is 0 Å². The number of non-ortho nitro benzene ring substituents is 1. The highest BCUT2D eigenvalue weighted by Gasteiger charge is 2.29. The largest absolute Gasteiger partial charge is 0.270 e. The van der Waals surface area contributed by atoms with Crippen molar-refractivity contribution in [1.29, 1.82) is 0 Å². The van der Waals surface area contributed by atoms with Gasteiger partial charge in [0.2, 0.25) is 0 Å². The first kappa shape index (κ1) is 14.6. The zero-order valence-electron chi connectivity index (χ0n) is 11.1. The van der Waals surface area contributed by atoms with Crippen molar-refractivity contribution in [2.75, 3.05) is 0 Å². The number of hydrogen-bond acceptors (Lipinski definition) is 4. The zero-order valence-corrected chi connectivity index (χ0v) is 14.1. The normalized spacial score (nSPS) is 14.2. The van der Waals surface area contributed by atoms with Gasteiger partial charge in [0.1, 0.15) is 5.15 Å². The van der Waals surface area contributed by atoms with Gasteiger partial charge in [-0.25, -0.2) is 9.97 Å². The summed E-state index contributed by atoms with van der Waals surface area (Å²) in [6.45, 7) is 1.88. The monoisotopic (exact) mass is 415 g/mol. The zero-order chi connectivity index (χ0) is 15.1. The number of hydrogen-bond donors (Lipinski definition) is 0. The fourth-order valence-electron chi connectivity index (χ4n) is 2.15. The minimum atomic E-state index is -0.418. The molecule has 1 aromatic carbocycles. The molecule has 0 aliphatic heterocycles. The van der Waals surface area contributed by atoms with Gasteiger partial charge in [0.05, 0.1) is 14.2 Å². The van der Waals surface area contributed by atoms with Crippen molar-refractivity contribution in [3.63, 3.8) is 0 Å². The Morgan fingerprint density at radius 1 is 1.38 bits per heavy atom. The number of nitro benzene ring substituents is 1. The van der Waals surface area contributed by atoms with E-state index in [0.717, 1.165) is 27.7 Å². The van der Waals surface area contributed by atoms with Crippen LogP contribution in [0, 0.1) is 20.6 Å². The lowest BCUT2D eigenvalue weighted by Crippen LogP contribution is -2.01. The van der Waals surface area contributed by atoms with Gasteiger partial charge in [-0.3, -0.25) is 10.1 Å². The highest BCUT2D eigenvalue weighted by molar-refractivity contribution is 14.1. The molecule has 3 rings (SSSR count). The molecule has 0 unspecified atom stereocenters. The molecule has 2 aromatic rings. The summed E-state index contributed by atoms with van der Waals surface area (Å²) >= 11 is 8.36. The molecule has 0 atom stereocenters. The van der Waals surface area contributed by atoms with E-state index in [9.17, 15) is 10.1 Å². The molecule has 1 aliphatic carbocycles. The van der Waals surface area contributed by atoms with E-state index in [1.54, 1.807) is 6.07 Å². The fraction of sp³-hybridized carbons (Fsp3) is 0.286. The number of benzene rings is 1. The van der Waals surface area contributed by atoms with E-state index >= 15 is 0 Å². The quantitative estimate of drug-likeness (QED) is 0.320. The number of nitrogens with zero attached hydrogens (tertiary/aromatic N) is 3. The molecule has 21 heavy (non-hydrogen) atoms. The number of aryl methyl sites for hydroxylation is 1. The van der Waals surface area contributed by atoms with Crippen LogP contribution in [0.1, 0.15) is 30.0 Å². The van der Waals surface area contributed by atoms with E-state index in [0.29, 0.717) is 22.5 Å². The van der Waals surface area contributed by atoms with Crippen molar-refractivity contribution in [1.82, 2.24) is 9.97 Å². The van der Waals surface area contributed by atoms with Crippen molar-refractivity contribution in [3.05, 3.63) is 48.3 Å². The second-order valence-corrected chi connectivity index (χ2v) is 6.50. The van der Waals surface area contributed by atoms with Crippen LogP contribution >= 0.6 is 34.2 Å². The molecule has 1 fully saturated rings. The van der Waals surface area contributed by atoms with Gasteiger partial charge in [-0.1, -0.05) is 17.7 Å². The Morgan fingerprint density at radius 2 is 2.10 bits per heavy atom. The van der Waals surface area contributed by atoms with Gasteiger partial charge < -0.3 is 0 Å². The van der Waals surface area contributed by atoms with Crippen LogP contribution in [0.5, 0.6) is 0 Å². The number of rotatable bonds is 3. The summed E-state index contributed by atoms with van der Waals surface area (Å²) in [5.41, 5.74) is 2.53. The third kappa shape index (κ3) is 2.87. The average Bonchev–Trinajstić information content (AvgIpc) is 3.26. The molecule has 0 radical (unpaired) electrons. The molecule has 0 spiro atoms. The molecule has 7 heteroatoms. The first-order chi connectivity index (χ1) is 9.97.